The average Bonchev–Trinajstić information content (AvgIpc) is 2.13. The van der Waals surface area contributed by atoms with Crippen molar-refractivity contribution < 1.29 is 14.3 Å². The van der Waals surface area contributed by atoms with Crippen molar-refractivity contribution in [2.45, 2.75) is 25.9 Å². The first kappa shape index (κ1) is 7.54. The van der Waals surface area contributed by atoms with Gasteiger partial charge in [-0.15, -0.1) is 0 Å². The number of rotatable bonds is 1. The van der Waals surface area contributed by atoms with Gasteiger partial charge in [-0.25, -0.2) is 0 Å². The van der Waals surface area contributed by atoms with Gasteiger partial charge in [-0.05, 0) is 6.42 Å². The van der Waals surface area contributed by atoms with Crippen molar-refractivity contribution in [1.82, 2.24) is 0 Å². The summed E-state index contributed by atoms with van der Waals surface area (Å²) >= 11 is 0. The number of carbonyl (C=O) groups excluding carboxylic acids is 1. The highest BCUT2D eigenvalue weighted by Crippen LogP contribution is 2.07. The zero-order valence-corrected chi connectivity index (χ0v) is 6.13. The fourth-order valence-corrected chi connectivity index (χ4v) is 0.936. The molecule has 1 atom stereocenters. The molecule has 3 heteroatoms. The second kappa shape index (κ2) is 3.56. The van der Waals surface area contributed by atoms with Crippen molar-refractivity contribution in [3.05, 3.63) is 0 Å². The number of ether oxygens (including phenoxy) is 2. The van der Waals surface area contributed by atoms with Crippen molar-refractivity contribution in [3.63, 3.8) is 0 Å². The van der Waals surface area contributed by atoms with E-state index in [9.17, 15) is 4.79 Å². The molecule has 0 aliphatic carbocycles. The SMILES string of the molecule is CCC1CC(=O)OCCO1. The lowest BCUT2D eigenvalue weighted by Crippen LogP contribution is -2.13. The van der Waals surface area contributed by atoms with E-state index in [0.29, 0.717) is 19.6 Å². The van der Waals surface area contributed by atoms with E-state index < -0.39 is 0 Å². The number of carbonyl (C=O) groups is 1. The molecule has 0 spiro atoms. The Kier molecular flexibility index (Phi) is 2.68. The van der Waals surface area contributed by atoms with Gasteiger partial charge in [0.25, 0.3) is 0 Å². The predicted octanol–water partition coefficient (Wildman–Crippen LogP) is 0.728. The van der Waals surface area contributed by atoms with E-state index in [4.69, 9.17) is 9.47 Å². The molecular weight excluding hydrogens is 132 g/mol. The fourth-order valence-electron chi connectivity index (χ4n) is 0.936. The third-order valence-electron chi connectivity index (χ3n) is 1.55. The number of cyclic esters (lactones) is 1. The molecule has 58 valence electrons. The summed E-state index contributed by atoms with van der Waals surface area (Å²) in [5, 5.41) is 0. The first-order chi connectivity index (χ1) is 4.83. The third kappa shape index (κ3) is 1.99. The summed E-state index contributed by atoms with van der Waals surface area (Å²) in [4.78, 5) is 10.8. The number of hydrogen-bond acceptors (Lipinski definition) is 3. The Labute approximate surface area is 60.3 Å². The highest BCUT2D eigenvalue weighted by Gasteiger charge is 2.16. The lowest BCUT2D eigenvalue weighted by molar-refractivity contribution is -0.142. The highest BCUT2D eigenvalue weighted by molar-refractivity contribution is 5.70. The molecule has 0 radical (unpaired) electrons. The second-order valence-corrected chi connectivity index (χ2v) is 2.33. The largest absolute Gasteiger partial charge is 0.463 e. The average molecular weight is 144 g/mol. The molecule has 0 bridgehead atoms. The quantitative estimate of drug-likeness (QED) is 0.509. The maximum Gasteiger partial charge on any atom is 0.308 e. The van der Waals surface area contributed by atoms with Crippen molar-refractivity contribution in [3.8, 4) is 0 Å². The van der Waals surface area contributed by atoms with Crippen LogP contribution in [0.1, 0.15) is 19.8 Å². The van der Waals surface area contributed by atoms with Crippen LogP contribution in [-0.2, 0) is 14.3 Å². The summed E-state index contributed by atoms with van der Waals surface area (Å²) in [6.45, 7) is 2.96. The van der Waals surface area contributed by atoms with Crippen LogP contribution in [0.2, 0.25) is 0 Å². The summed E-state index contributed by atoms with van der Waals surface area (Å²) in [7, 11) is 0. The van der Waals surface area contributed by atoms with Crippen LogP contribution in [0.3, 0.4) is 0 Å². The van der Waals surface area contributed by atoms with Crippen LogP contribution < -0.4 is 0 Å². The lowest BCUT2D eigenvalue weighted by Gasteiger charge is -2.08. The Morgan fingerprint density at radius 2 is 2.40 bits per heavy atom. The zero-order chi connectivity index (χ0) is 7.40. The molecular formula is C7H12O3. The molecule has 1 fully saturated rings. The minimum Gasteiger partial charge on any atom is -0.463 e. The fraction of sp³-hybridized carbons (Fsp3) is 0.857. The minimum absolute atomic E-state index is 0.0787. The molecule has 0 aromatic carbocycles. The monoisotopic (exact) mass is 144 g/mol. The van der Waals surface area contributed by atoms with Crippen LogP contribution in [0.4, 0.5) is 0 Å². The molecule has 0 aromatic heterocycles. The summed E-state index contributed by atoms with van der Waals surface area (Å²) in [5.41, 5.74) is 0. The van der Waals surface area contributed by atoms with Crippen LogP contribution in [0.5, 0.6) is 0 Å². The second-order valence-electron chi connectivity index (χ2n) is 2.33. The molecule has 0 saturated carbocycles. The van der Waals surface area contributed by atoms with E-state index in [0.717, 1.165) is 6.42 Å². The topological polar surface area (TPSA) is 35.5 Å². The Hall–Kier alpha value is -0.570. The molecule has 0 aromatic rings. The molecule has 1 aliphatic rings. The van der Waals surface area contributed by atoms with Gasteiger partial charge in [-0.3, -0.25) is 4.79 Å². The Bertz CT molecular complexity index is 122. The van der Waals surface area contributed by atoms with Gasteiger partial charge in [0.05, 0.1) is 19.1 Å². The predicted molar refractivity (Wildman–Crippen MR) is 35.6 cm³/mol. The highest BCUT2D eigenvalue weighted by atomic mass is 16.6. The van der Waals surface area contributed by atoms with Crippen molar-refractivity contribution in [2.75, 3.05) is 13.2 Å². The molecule has 10 heavy (non-hydrogen) atoms. The normalized spacial score (nSPS) is 27.3. The molecule has 1 heterocycles. The molecule has 3 nitrogen and oxygen atoms in total. The summed E-state index contributed by atoms with van der Waals surface area (Å²) in [6.07, 6.45) is 1.38. The molecule has 0 N–H and O–H groups in total. The van der Waals surface area contributed by atoms with Gasteiger partial charge in [-0.1, -0.05) is 6.92 Å². The van der Waals surface area contributed by atoms with E-state index in [1.54, 1.807) is 0 Å². The van der Waals surface area contributed by atoms with Crippen LogP contribution in [0, 0.1) is 0 Å². The van der Waals surface area contributed by atoms with Gasteiger partial charge in [0.15, 0.2) is 0 Å². The van der Waals surface area contributed by atoms with E-state index in [1.807, 2.05) is 6.92 Å². The van der Waals surface area contributed by atoms with E-state index >= 15 is 0 Å². The smallest absolute Gasteiger partial charge is 0.308 e. The first-order valence-corrected chi connectivity index (χ1v) is 3.60. The summed E-state index contributed by atoms with van der Waals surface area (Å²) in [6, 6.07) is 0. The molecule has 1 saturated heterocycles. The van der Waals surface area contributed by atoms with Crippen molar-refractivity contribution in [2.24, 2.45) is 0 Å². The standard InChI is InChI=1S/C7H12O3/c1-2-6-5-7(8)10-4-3-9-6/h6H,2-5H2,1H3. The van der Waals surface area contributed by atoms with Gasteiger partial charge in [0.2, 0.25) is 0 Å². The third-order valence-corrected chi connectivity index (χ3v) is 1.55. The maximum atomic E-state index is 10.8. The molecule has 1 rings (SSSR count). The Morgan fingerprint density at radius 1 is 1.60 bits per heavy atom. The van der Waals surface area contributed by atoms with Crippen LogP contribution in [0.25, 0.3) is 0 Å². The van der Waals surface area contributed by atoms with Gasteiger partial charge >= 0.3 is 5.97 Å². The molecule has 1 aliphatic heterocycles. The van der Waals surface area contributed by atoms with E-state index in [-0.39, 0.29) is 12.1 Å². The number of hydrogen-bond donors (Lipinski definition) is 0. The van der Waals surface area contributed by atoms with Gasteiger partial charge < -0.3 is 9.47 Å². The van der Waals surface area contributed by atoms with Gasteiger partial charge in [-0.2, -0.15) is 0 Å². The van der Waals surface area contributed by atoms with E-state index in [1.165, 1.54) is 0 Å². The van der Waals surface area contributed by atoms with Crippen LogP contribution in [0.15, 0.2) is 0 Å². The molecule has 1 unspecified atom stereocenters. The maximum absolute atomic E-state index is 10.8. The van der Waals surface area contributed by atoms with Crippen LogP contribution >= 0.6 is 0 Å². The Balaban J connectivity index is 2.38. The molecule has 0 amide bonds. The van der Waals surface area contributed by atoms with E-state index in [2.05, 4.69) is 0 Å². The van der Waals surface area contributed by atoms with Crippen molar-refractivity contribution in [1.29, 1.82) is 0 Å². The zero-order valence-electron chi connectivity index (χ0n) is 6.13. The minimum atomic E-state index is -0.135. The van der Waals surface area contributed by atoms with Gasteiger partial charge in [0, 0.05) is 0 Å². The number of esters is 1. The summed E-state index contributed by atoms with van der Waals surface area (Å²) in [5.74, 6) is -0.135. The van der Waals surface area contributed by atoms with Crippen molar-refractivity contribution >= 4 is 5.97 Å². The lowest BCUT2D eigenvalue weighted by atomic mass is 10.2. The summed E-state index contributed by atoms with van der Waals surface area (Å²) < 4.78 is 10.0. The first-order valence-electron chi connectivity index (χ1n) is 3.60. The van der Waals surface area contributed by atoms with Crippen LogP contribution in [-0.4, -0.2) is 25.3 Å². The van der Waals surface area contributed by atoms with Gasteiger partial charge in [0.1, 0.15) is 6.61 Å². The Morgan fingerprint density at radius 3 is 3.10 bits per heavy atom.